The summed E-state index contributed by atoms with van der Waals surface area (Å²) >= 11 is 0. The smallest absolute Gasteiger partial charge is 0.0717 e. The van der Waals surface area contributed by atoms with E-state index in [9.17, 15) is 5.11 Å². The average molecular weight is 206 g/mol. The predicted octanol–water partition coefficient (Wildman–Crippen LogP) is 1.67. The SMILES string of the molecule is CC1CN(c2ccncc2CO)CC1C. The van der Waals surface area contributed by atoms with Gasteiger partial charge in [-0.25, -0.2) is 0 Å². The van der Waals surface area contributed by atoms with Crippen molar-refractivity contribution in [3.05, 3.63) is 24.0 Å². The van der Waals surface area contributed by atoms with Crippen LogP contribution in [0.4, 0.5) is 5.69 Å². The highest BCUT2D eigenvalue weighted by atomic mass is 16.3. The second kappa shape index (κ2) is 4.19. The number of hydrogen-bond donors (Lipinski definition) is 1. The van der Waals surface area contributed by atoms with Crippen LogP contribution in [-0.4, -0.2) is 23.2 Å². The number of aromatic nitrogens is 1. The molecule has 2 heterocycles. The van der Waals surface area contributed by atoms with Crippen molar-refractivity contribution in [3.63, 3.8) is 0 Å². The minimum Gasteiger partial charge on any atom is -0.392 e. The van der Waals surface area contributed by atoms with Gasteiger partial charge in [-0.15, -0.1) is 0 Å². The monoisotopic (exact) mass is 206 g/mol. The van der Waals surface area contributed by atoms with Gasteiger partial charge in [0, 0.05) is 36.7 Å². The lowest BCUT2D eigenvalue weighted by atomic mass is 10.0. The predicted molar refractivity (Wildman–Crippen MR) is 60.7 cm³/mol. The second-order valence-electron chi connectivity index (χ2n) is 4.52. The van der Waals surface area contributed by atoms with Gasteiger partial charge in [0.25, 0.3) is 0 Å². The molecular weight excluding hydrogens is 188 g/mol. The molecule has 1 aromatic heterocycles. The minimum absolute atomic E-state index is 0.0719. The zero-order valence-corrected chi connectivity index (χ0v) is 9.35. The van der Waals surface area contributed by atoms with E-state index in [2.05, 4.69) is 23.7 Å². The molecule has 2 unspecified atom stereocenters. The molecule has 15 heavy (non-hydrogen) atoms. The Hall–Kier alpha value is -1.09. The molecule has 1 fully saturated rings. The van der Waals surface area contributed by atoms with Gasteiger partial charge in [-0.3, -0.25) is 4.98 Å². The molecule has 3 heteroatoms. The van der Waals surface area contributed by atoms with Crippen LogP contribution in [0.15, 0.2) is 18.5 Å². The number of hydrogen-bond acceptors (Lipinski definition) is 3. The van der Waals surface area contributed by atoms with Gasteiger partial charge in [-0.05, 0) is 17.9 Å². The van der Waals surface area contributed by atoms with E-state index in [0.29, 0.717) is 0 Å². The van der Waals surface area contributed by atoms with Gasteiger partial charge in [0.1, 0.15) is 0 Å². The molecule has 2 rings (SSSR count). The van der Waals surface area contributed by atoms with Crippen molar-refractivity contribution in [2.75, 3.05) is 18.0 Å². The van der Waals surface area contributed by atoms with Gasteiger partial charge in [0.05, 0.1) is 6.61 Å². The molecule has 0 radical (unpaired) electrons. The third kappa shape index (κ3) is 1.97. The first-order valence-corrected chi connectivity index (χ1v) is 5.51. The average Bonchev–Trinajstić information content (AvgIpc) is 2.59. The molecule has 0 saturated carbocycles. The summed E-state index contributed by atoms with van der Waals surface area (Å²) < 4.78 is 0. The summed E-state index contributed by atoms with van der Waals surface area (Å²) in [5, 5.41) is 9.24. The molecule has 1 aliphatic heterocycles. The lowest BCUT2D eigenvalue weighted by Crippen LogP contribution is -2.21. The quantitative estimate of drug-likeness (QED) is 0.799. The van der Waals surface area contributed by atoms with E-state index in [-0.39, 0.29) is 6.61 Å². The van der Waals surface area contributed by atoms with Crippen LogP contribution in [-0.2, 0) is 6.61 Å². The van der Waals surface area contributed by atoms with Crippen LogP contribution >= 0.6 is 0 Å². The van der Waals surface area contributed by atoms with Crippen molar-refractivity contribution in [1.29, 1.82) is 0 Å². The van der Waals surface area contributed by atoms with Gasteiger partial charge in [-0.1, -0.05) is 13.8 Å². The van der Waals surface area contributed by atoms with Crippen LogP contribution in [0.25, 0.3) is 0 Å². The van der Waals surface area contributed by atoms with E-state index in [1.54, 1.807) is 12.4 Å². The van der Waals surface area contributed by atoms with Crippen molar-refractivity contribution < 1.29 is 5.11 Å². The van der Waals surface area contributed by atoms with E-state index in [1.807, 2.05) is 6.07 Å². The first-order valence-electron chi connectivity index (χ1n) is 5.51. The Morgan fingerprint density at radius 2 is 2.07 bits per heavy atom. The zero-order valence-electron chi connectivity index (χ0n) is 9.35. The summed E-state index contributed by atoms with van der Waals surface area (Å²) in [5.74, 6) is 1.45. The first-order chi connectivity index (χ1) is 7.22. The largest absolute Gasteiger partial charge is 0.392 e. The maximum absolute atomic E-state index is 9.24. The summed E-state index contributed by atoms with van der Waals surface area (Å²) in [7, 11) is 0. The van der Waals surface area contributed by atoms with Crippen molar-refractivity contribution in [2.24, 2.45) is 11.8 Å². The molecule has 2 atom stereocenters. The van der Waals surface area contributed by atoms with Crippen molar-refractivity contribution in [1.82, 2.24) is 4.98 Å². The zero-order chi connectivity index (χ0) is 10.8. The van der Waals surface area contributed by atoms with E-state index in [1.165, 1.54) is 0 Å². The Bertz CT molecular complexity index is 330. The number of nitrogens with zero attached hydrogens (tertiary/aromatic N) is 2. The number of anilines is 1. The molecule has 1 N–H and O–H groups in total. The Labute approximate surface area is 90.8 Å². The van der Waals surface area contributed by atoms with Gasteiger partial charge in [-0.2, -0.15) is 0 Å². The Balaban J connectivity index is 2.23. The highest BCUT2D eigenvalue weighted by Gasteiger charge is 2.27. The highest BCUT2D eigenvalue weighted by molar-refractivity contribution is 5.52. The van der Waals surface area contributed by atoms with E-state index >= 15 is 0 Å². The Morgan fingerprint density at radius 1 is 1.40 bits per heavy atom. The molecule has 1 aromatic rings. The van der Waals surface area contributed by atoms with Crippen molar-refractivity contribution in [3.8, 4) is 0 Å². The van der Waals surface area contributed by atoms with Crippen LogP contribution in [0.2, 0.25) is 0 Å². The molecule has 0 amide bonds. The van der Waals surface area contributed by atoms with E-state index < -0.39 is 0 Å². The van der Waals surface area contributed by atoms with Crippen molar-refractivity contribution >= 4 is 5.69 Å². The maximum Gasteiger partial charge on any atom is 0.0717 e. The normalized spacial score (nSPS) is 25.9. The van der Waals surface area contributed by atoms with Gasteiger partial charge < -0.3 is 10.0 Å². The second-order valence-corrected chi connectivity index (χ2v) is 4.52. The third-order valence-corrected chi connectivity index (χ3v) is 3.38. The summed E-state index contributed by atoms with van der Waals surface area (Å²) in [4.78, 5) is 6.39. The maximum atomic E-state index is 9.24. The summed E-state index contributed by atoms with van der Waals surface area (Å²) in [5.41, 5.74) is 2.07. The lowest BCUT2D eigenvalue weighted by molar-refractivity contribution is 0.281. The summed E-state index contributed by atoms with van der Waals surface area (Å²) in [6.45, 7) is 6.80. The molecule has 0 aromatic carbocycles. The molecular formula is C12H18N2O. The topological polar surface area (TPSA) is 36.4 Å². The minimum atomic E-state index is 0.0719. The van der Waals surface area contributed by atoms with Crippen LogP contribution in [0.1, 0.15) is 19.4 Å². The molecule has 0 spiro atoms. The Kier molecular flexibility index (Phi) is 2.91. The fraction of sp³-hybridized carbons (Fsp3) is 0.583. The third-order valence-electron chi connectivity index (χ3n) is 3.38. The highest BCUT2D eigenvalue weighted by Crippen LogP contribution is 2.29. The van der Waals surface area contributed by atoms with Crippen LogP contribution < -0.4 is 4.90 Å². The van der Waals surface area contributed by atoms with Crippen LogP contribution in [0, 0.1) is 11.8 Å². The fourth-order valence-corrected chi connectivity index (χ4v) is 2.18. The van der Waals surface area contributed by atoms with Crippen LogP contribution in [0.5, 0.6) is 0 Å². The van der Waals surface area contributed by atoms with Gasteiger partial charge in [0.2, 0.25) is 0 Å². The fourth-order valence-electron chi connectivity index (χ4n) is 2.18. The number of aliphatic hydroxyl groups is 1. The molecule has 3 nitrogen and oxygen atoms in total. The van der Waals surface area contributed by atoms with Crippen molar-refractivity contribution in [2.45, 2.75) is 20.5 Å². The number of aliphatic hydroxyl groups excluding tert-OH is 1. The molecule has 1 aliphatic rings. The number of rotatable bonds is 2. The van der Waals surface area contributed by atoms with E-state index in [4.69, 9.17) is 0 Å². The lowest BCUT2D eigenvalue weighted by Gasteiger charge is -2.20. The summed E-state index contributed by atoms with van der Waals surface area (Å²) in [6, 6.07) is 2.00. The molecule has 0 aliphatic carbocycles. The molecule has 82 valence electrons. The number of pyridine rings is 1. The van der Waals surface area contributed by atoms with Crippen LogP contribution in [0.3, 0.4) is 0 Å². The first kappa shape index (κ1) is 10.4. The Morgan fingerprint density at radius 3 is 2.67 bits per heavy atom. The molecule has 0 bridgehead atoms. The standard InChI is InChI=1S/C12H18N2O/c1-9-6-14(7-10(9)2)12-3-4-13-5-11(12)8-15/h3-5,9-10,15H,6-8H2,1-2H3. The van der Waals surface area contributed by atoms with Gasteiger partial charge in [0.15, 0.2) is 0 Å². The summed E-state index contributed by atoms with van der Waals surface area (Å²) in [6.07, 6.45) is 3.55. The van der Waals surface area contributed by atoms with E-state index in [0.717, 1.165) is 36.2 Å². The van der Waals surface area contributed by atoms with Gasteiger partial charge >= 0.3 is 0 Å². The molecule has 1 saturated heterocycles.